The van der Waals surface area contributed by atoms with Crippen LogP contribution in [0.2, 0.25) is 0 Å². The van der Waals surface area contributed by atoms with Crippen molar-refractivity contribution < 1.29 is 14.3 Å². The van der Waals surface area contributed by atoms with Crippen LogP contribution in [-0.2, 0) is 17.6 Å². The number of ether oxygens (including phenoxy) is 2. The van der Waals surface area contributed by atoms with E-state index in [0.29, 0.717) is 0 Å². The van der Waals surface area contributed by atoms with Gasteiger partial charge in [-0.1, -0.05) is 36.8 Å². The number of Topliss-reactive ketones (excluding diaryl/α,β-unsaturated/α-hetero) is 1. The topological polar surface area (TPSA) is 35.5 Å². The van der Waals surface area contributed by atoms with E-state index in [1.165, 1.54) is 33.4 Å². The molecular formula is C28H36O3. The summed E-state index contributed by atoms with van der Waals surface area (Å²) in [6.45, 7) is 12.5. The van der Waals surface area contributed by atoms with Crippen LogP contribution >= 0.6 is 0 Å². The van der Waals surface area contributed by atoms with Gasteiger partial charge < -0.3 is 9.47 Å². The van der Waals surface area contributed by atoms with E-state index in [1.807, 2.05) is 24.3 Å². The van der Waals surface area contributed by atoms with Crippen molar-refractivity contribution in [2.75, 3.05) is 14.2 Å². The molecule has 3 heteroatoms. The zero-order valence-electron chi connectivity index (χ0n) is 20.3. The maximum atomic E-state index is 11.4. The van der Waals surface area contributed by atoms with Crippen molar-refractivity contribution in [2.45, 2.75) is 60.8 Å². The second-order valence-electron chi connectivity index (χ2n) is 8.16. The van der Waals surface area contributed by atoms with E-state index < -0.39 is 0 Å². The summed E-state index contributed by atoms with van der Waals surface area (Å²) in [4.78, 5) is 11.4. The van der Waals surface area contributed by atoms with Crippen LogP contribution in [0.5, 0.6) is 11.5 Å². The molecule has 2 aromatic rings. The first-order valence-corrected chi connectivity index (χ1v) is 10.9. The lowest BCUT2D eigenvalue weighted by molar-refractivity contribution is -0.113. The van der Waals surface area contributed by atoms with Gasteiger partial charge in [-0.2, -0.15) is 0 Å². The number of allylic oxidation sites excluding steroid dienone is 4. The number of carbonyl (C=O) groups is 1. The van der Waals surface area contributed by atoms with E-state index in [-0.39, 0.29) is 5.78 Å². The van der Waals surface area contributed by atoms with Crippen LogP contribution in [0.1, 0.15) is 53.6 Å². The Bertz CT molecular complexity index is 961. The number of aryl methyl sites for hydroxylation is 2. The largest absolute Gasteiger partial charge is 0.496 e. The molecule has 1 aliphatic rings. The molecule has 0 aliphatic heterocycles. The predicted molar refractivity (Wildman–Crippen MR) is 129 cm³/mol. The SMILES string of the molecule is CC(=O)C1=CC=C(Cc2c(C)c(C)cc(C)c2C)C1.CCc1c(OC)cccc1OC. The highest BCUT2D eigenvalue weighted by atomic mass is 16.5. The van der Waals surface area contributed by atoms with Crippen molar-refractivity contribution in [2.24, 2.45) is 0 Å². The Morgan fingerprint density at radius 2 is 1.45 bits per heavy atom. The summed E-state index contributed by atoms with van der Waals surface area (Å²) in [6.07, 6.45) is 6.81. The number of benzene rings is 2. The molecule has 31 heavy (non-hydrogen) atoms. The molecule has 3 rings (SSSR count). The van der Waals surface area contributed by atoms with E-state index in [0.717, 1.165) is 41.9 Å². The number of hydrogen-bond donors (Lipinski definition) is 0. The molecule has 0 spiro atoms. The number of hydrogen-bond acceptors (Lipinski definition) is 3. The number of ketones is 1. The Labute approximate surface area is 187 Å². The van der Waals surface area contributed by atoms with Crippen molar-refractivity contribution in [3.05, 3.63) is 80.9 Å². The molecule has 166 valence electrons. The highest BCUT2D eigenvalue weighted by molar-refractivity contribution is 5.94. The Kier molecular flexibility index (Phi) is 8.67. The van der Waals surface area contributed by atoms with Crippen LogP contribution in [0.25, 0.3) is 0 Å². The quantitative estimate of drug-likeness (QED) is 0.530. The highest BCUT2D eigenvalue weighted by Crippen LogP contribution is 2.29. The summed E-state index contributed by atoms with van der Waals surface area (Å²) in [5.74, 6) is 1.99. The lowest BCUT2D eigenvalue weighted by atomic mass is 9.89. The molecule has 2 aromatic carbocycles. The summed E-state index contributed by atoms with van der Waals surface area (Å²) in [5, 5.41) is 0. The van der Waals surface area contributed by atoms with Crippen LogP contribution in [0.4, 0.5) is 0 Å². The Morgan fingerprint density at radius 1 is 0.903 bits per heavy atom. The molecule has 0 saturated carbocycles. The average molecular weight is 421 g/mol. The Hall–Kier alpha value is -2.81. The van der Waals surface area contributed by atoms with Gasteiger partial charge in [-0.25, -0.2) is 0 Å². The van der Waals surface area contributed by atoms with Crippen molar-refractivity contribution in [1.29, 1.82) is 0 Å². The van der Waals surface area contributed by atoms with Crippen molar-refractivity contribution >= 4 is 5.78 Å². The molecule has 3 nitrogen and oxygen atoms in total. The minimum Gasteiger partial charge on any atom is -0.496 e. The Morgan fingerprint density at radius 3 is 1.87 bits per heavy atom. The number of carbonyl (C=O) groups excluding carboxylic acids is 1. The lowest BCUT2D eigenvalue weighted by Gasteiger charge is -2.16. The summed E-state index contributed by atoms with van der Waals surface area (Å²) in [7, 11) is 3.35. The van der Waals surface area contributed by atoms with Gasteiger partial charge in [0.1, 0.15) is 11.5 Å². The van der Waals surface area contributed by atoms with Crippen molar-refractivity contribution in [3.8, 4) is 11.5 Å². The summed E-state index contributed by atoms with van der Waals surface area (Å²) in [5.41, 5.74) is 10.3. The summed E-state index contributed by atoms with van der Waals surface area (Å²) < 4.78 is 10.4. The molecule has 0 aromatic heterocycles. The van der Waals surface area contributed by atoms with Crippen LogP contribution < -0.4 is 9.47 Å². The second-order valence-corrected chi connectivity index (χ2v) is 8.16. The molecular weight excluding hydrogens is 384 g/mol. The first kappa shape index (κ1) is 24.5. The minimum atomic E-state index is 0.195. The predicted octanol–water partition coefficient (Wildman–Crippen LogP) is 6.57. The molecule has 0 bridgehead atoms. The van der Waals surface area contributed by atoms with Gasteiger partial charge >= 0.3 is 0 Å². The first-order valence-electron chi connectivity index (χ1n) is 10.9. The maximum absolute atomic E-state index is 11.4. The fourth-order valence-electron chi connectivity index (χ4n) is 4.01. The van der Waals surface area contributed by atoms with Gasteiger partial charge in [0.15, 0.2) is 5.78 Å². The van der Waals surface area contributed by atoms with E-state index in [9.17, 15) is 4.79 Å². The van der Waals surface area contributed by atoms with Crippen LogP contribution in [0, 0.1) is 27.7 Å². The molecule has 0 saturated heterocycles. The van der Waals surface area contributed by atoms with Gasteiger partial charge in [-0.15, -0.1) is 0 Å². The zero-order valence-corrected chi connectivity index (χ0v) is 20.3. The molecule has 0 radical (unpaired) electrons. The van der Waals surface area contributed by atoms with Gasteiger partial charge in [-0.3, -0.25) is 4.79 Å². The third kappa shape index (κ3) is 5.88. The fourth-order valence-corrected chi connectivity index (χ4v) is 4.01. The molecule has 0 heterocycles. The van der Waals surface area contributed by atoms with Gasteiger partial charge in [0.05, 0.1) is 14.2 Å². The smallest absolute Gasteiger partial charge is 0.156 e. The van der Waals surface area contributed by atoms with Gasteiger partial charge in [0.2, 0.25) is 0 Å². The highest BCUT2D eigenvalue weighted by Gasteiger charge is 2.15. The first-order chi connectivity index (χ1) is 14.7. The molecule has 0 N–H and O–H groups in total. The van der Waals surface area contributed by atoms with Gasteiger partial charge in [-0.05, 0) is 99.4 Å². The number of methoxy groups -OCH3 is 2. The van der Waals surface area contributed by atoms with Crippen LogP contribution in [0.3, 0.4) is 0 Å². The minimum absolute atomic E-state index is 0.195. The third-order valence-electron chi connectivity index (χ3n) is 6.20. The van der Waals surface area contributed by atoms with Crippen molar-refractivity contribution in [1.82, 2.24) is 0 Å². The van der Waals surface area contributed by atoms with Crippen LogP contribution in [-0.4, -0.2) is 20.0 Å². The normalized spacial score (nSPS) is 12.5. The van der Waals surface area contributed by atoms with E-state index in [2.05, 4.69) is 46.8 Å². The average Bonchev–Trinajstić information content (AvgIpc) is 3.24. The zero-order chi connectivity index (χ0) is 23.1. The van der Waals surface area contributed by atoms with E-state index in [1.54, 1.807) is 21.1 Å². The van der Waals surface area contributed by atoms with Gasteiger partial charge in [0.25, 0.3) is 0 Å². The summed E-state index contributed by atoms with van der Waals surface area (Å²) >= 11 is 0. The van der Waals surface area contributed by atoms with Crippen LogP contribution in [0.15, 0.2) is 47.6 Å². The van der Waals surface area contributed by atoms with Crippen molar-refractivity contribution in [3.63, 3.8) is 0 Å². The monoisotopic (exact) mass is 420 g/mol. The molecule has 0 amide bonds. The Balaban J connectivity index is 0.000000245. The standard InChI is InChI=1S/C18H22O.C10H14O2/c1-11-8-12(2)14(4)18(13(11)3)10-16-6-7-17(9-16)15(5)19;1-4-8-9(11-2)6-5-7-10(8)12-3/h6-8H,9-10H2,1-5H3;5-7H,4H2,1-3H3. The van der Waals surface area contributed by atoms with E-state index >= 15 is 0 Å². The molecule has 1 aliphatic carbocycles. The molecule has 0 atom stereocenters. The lowest BCUT2D eigenvalue weighted by Crippen LogP contribution is -2.02. The van der Waals surface area contributed by atoms with E-state index in [4.69, 9.17) is 9.47 Å². The fraction of sp³-hybridized carbons (Fsp3) is 0.393. The second kappa shape index (κ2) is 11.0. The molecule has 0 fully saturated rings. The maximum Gasteiger partial charge on any atom is 0.156 e. The van der Waals surface area contributed by atoms with Gasteiger partial charge in [0, 0.05) is 5.56 Å². The summed E-state index contributed by atoms with van der Waals surface area (Å²) in [6, 6.07) is 8.08. The number of rotatable bonds is 6. The molecule has 0 unspecified atom stereocenters. The third-order valence-corrected chi connectivity index (χ3v) is 6.20.